The van der Waals surface area contributed by atoms with Gasteiger partial charge in [-0.15, -0.1) is 0 Å². The Morgan fingerprint density at radius 1 is 1.45 bits per heavy atom. The highest BCUT2D eigenvalue weighted by atomic mass is 16.3. The van der Waals surface area contributed by atoms with Crippen molar-refractivity contribution in [1.29, 1.82) is 0 Å². The minimum Gasteiger partial charge on any atom is -0.389 e. The lowest BCUT2D eigenvalue weighted by molar-refractivity contribution is 0.197. The maximum atomic E-state index is 9.35. The van der Waals surface area contributed by atoms with Gasteiger partial charge >= 0.3 is 0 Å². The first-order valence-corrected chi connectivity index (χ1v) is 3.72. The van der Waals surface area contributed by atoms with E-state index in [1.54, 1.807) is 11.6 Å². The average molecular weight is 154 g/mol. The Bertz CT molecular complexity index is 263. The summed E-state index contributed by atoms with van der Waals surface area (Å²) in [5, 5.41) is 13.5. The second-order valence-corrected chi connectivity index (χ2v) is 2.88. The third kappa shape index (κ3) is 1.28. The Hall–Kier alpha value is -0.830. The van der Waals surface area contributed by atoms with E-state index in [1.807, 2.05) is 20.9 Å². The molecule has 1 aromatic rings. The highest BCUT2D eigenvalue weighted by molar-refractivity contribution is 5.26. The smallest absolute Gasteiger partial charge is 0.0797 e. The number of aliphatic hydroxyl groups excluding tert-OH is 1. The summed E-state index contributed by atoms with van der Waals surface area (Å²) in [7, 11) is 1.88. The van der Waals surface area contributed by atoms with Crippen LogP contribution in [0.4, 0.5) is 0 Å². The molecule has 0 radical (unpaired) electrons. The van der Waals surface area contributed by atoms with Crippen LogP contribution in [0, 0.1) is 13.8 Å². The molecular weight excluding hydrogens is 140 g/mol. The van der Waals surface area contributed by atoms with Crippen LogP contribution >= 0.6 is 0 Å². The highest BCUT2D eigenvalue weighted by Gasteiger charge is 2.12. The van der Waals surface area contributed by atoms with Gasteiger partial charge in [0.1, 0.15) is 0 Å². The SMILES string of the molecule is Cc1nn(C)c(C)c1[C@@H](C)O. The monoisotopic (exact) mass is 154 g/mol. The molecule has 0 amide bonds. The summed E-state index contributed by atoms with van der Waals surface area (Å²) >= 11 is 0. The van der Waals surface area contributed by atoms with Gasteiger partial charge in [0.2, 0.25) is 0 Å². The summed E-state index contributed by atoms with van der Waals surface area (Å²) in [5.41, 5.74) is 2.91. The molecule has 0 saturated heterocycles. The molecule has 1 N–H and O–H groups in total. The maximum Gasteiger partial charge on any atom is 0.0797 e. The number of nitrogens with zero attached hydrogens (tertiary/aromatic N) is 2. The number of hydrogen-bond acceptors (Lipinski definition) is 2. The molecule has 3 heteroatoms. The first kappa shape index (κ1) is 8.27. The third-order valence-corrected chi connectivity index (χ3v) is 1.98. The van der Waals surface area contributed by atoms with Crippen molar-refractivity contribution in [1.82, 2.24) is 9.78 Å². The van der Waals surface area contributed by atoms with Crippen molar-refractivity contribution in [3.05, 3.63) is 17.0 Å². The van der Waals surface area contributed by atoms with Gasteiger partial charge in [0.25, 0.3) is 0 Å². The summed E-state index contributed by atoms with van der Waals surface area (Å²) < 4.78 is 1.79. The molecule has 0 unspecified atom stereocenters. The quantitative estimate of drug-likeness (QED) is 0.657. The van der Waals surface area contributed by atoms with E-state index in [-0.39, 0.29) is 0 Å². The Balaban J connectivity index is 3.22. The summed E-state index contributed by atoms with van der Waals surface area (Å²) in [6.07, 6.45) is -0.413. The van der Waals surface area contributed by atoms with Crippen molar-refractivity contribution < 1.29 is 5.11 Å². The van der Waals surface area contributed by atoms with E-state index in [2.05, 4.69) is 5.10 Å². The van der Waals surface area contributed by atoms with E-state index >= 15 is 0 Å². The van der Waals surface area contributed by atoms with Gasteiger partial charge in [-0.1, -0.05) is 0 Å². The molecule has 3 nitrogen and oxygen atoms in total. The van der Waals surface area contributed by atoms with E-state index in [4.69, 9.17) is 0 Å². The molecule has 0 fully saturated rings. The predicted molar refractivity (Wildman–Crippen MR) is 43.3 cm³/mol. The van der Waals surface area contributed by atoms with Crippen molar-refractivity contribution >= 4 is 0 Å². The number of rotatable bonds is 1. The number of aliphatic hydroxyl groups is 1. The Kier molecular flexibility index (Phi) is 2.00. The minimum atomic E-state index is -0.413. The Morgan fingerprint density at radius 2 is 2.00 bits per heavy atom. The van der Waals surface area contributed by atoms with Crippen LogP contribution in [0.2, 0.25) is 0 Å². The molecule has 1 aromatic heterocycles. The molecule has 0 aliphatic heterocycles. The maximum absolute atomic E-state index is 9.35. The van der Waals surface area contributed by atoms with E-state index < -0.39 is 6.10 Å². The number of aryl methyl sites for hydroxylation is 2. The predicted octanol–water partition coefficient (Wildman–Crippen LogP) is 1.09. The highest BCUT2D eigenvalue weighted by Crippen LogP contribution is 2.19. The topological polar surface area (TPSA) is 38.0 Å². The second-order valence-electron chi connectivity index (χ2n) is 2.88. The van der Waals surface area contributed by atoms with Crippen LogP contribution in [0.3, 0.4) is 0 Å². The van der Waals surface area contributed by atoms with E-state index in [0.717, 1.165) is 17.0 Å². The zero-order chi connectivity index (χ0) is 8.59. The average Bonchev–Trinajstić information content (AvgIpc) is 2.07. The molecule has 11 heavy (non-hydrogen) atoms. The Morgan fingerprint density at radius 3 is 2.18 bits per heavy atom. The molecule has 1 heterocycles. The fourth-order valence-corrected chi connectivity index (χ4v) is 1.39. The van der Waals surface area contributed by atoms with Crippen LogP contribution < -0.4 is 0 Å². The van der Waals surface area contributed by atoms with Gasteiger partial charge in [-0.2, -0.15) is 5.10 Å². The molecule has 1 atom stereocenters. The van der Waals surface area contributed by atoms with E-state index in [1.165, 1.54) is 0 Å². The first-order valence-electron chi connectivity index (χ1n) is 3.72. The van der Waals surface area contributed by atoms with Crippen LogP contribution in [0.15, 0.2) is 0 Å². The zero-order valence-corrected chi connectivity index (χ0v) is 7.42. The standard InChI is InChI=1S/C8H14N2O/c1-5-8(7(3)11)6(2)10(4)9-5/h7,11H,1-4H3/t7-/m1/s1. The summed E-state index contributed by atoms with van der Waals surface area (Å²) in [6, 6.07) is 0. The van der Waals surface area contributed by atoms with Crippen LogP contribution in [0.25, 0.3) is 0 Å². The molecular formula is C8H14N2O. The minimum absolute atomic E-state index is 0.413. The molecule has 0 spiro atoms. The van der Waals surface area contributed by atoms with Crippen molar-refractivity contribution in [3.63, 3.8) is 0 Å². The third-order valence-electron chi connectivity index (χ3n) is 1.98. The van der Waals surface area contributed by atoms with Gasteiger partial charge in [-0.05, 0) is 20.8 Å². The molecule has 62 valence electrons. The normalized spacial score (nSPS) is 13.5. The Labute approximate surface area is 66.7 Å². The summed E-state index contributed by atoms with van der Waals surface area (Å²) in [5.74, 6) is 0. The molecule has 0 saturated carbocycles. The fourth-order valence-electron chi connectivity index (χ4n) is 1.39. The zero-order valence-electron chi connectivity index (χ0n) is 7.42. The molecule has 0 aliphatic rings. The van der Waals surface area contributed by atoms with Crippen LogP contribution in [-0.2, 0) is 7.05 Å². The van der Waals surface area contributed by atoms with Crippen molar-refractivity contribution in [2.24, 2.45) is 7.05 Å². The lowest BCUT2D eigenvalue weighted by atomic mass is 10.1. The molecule has 0 aromatic carbocycles. The van der Waals surface area contributed by atoms with Crippen molar-refractivity contribution in [2.45, 2.75) is 26.9 Å². The van der Waals surface area contributed by atoms with Gasteiger partial charge in [0.05, 0.1) is 11.8 Å². The lowest BCUT2D eigenvalue weighted by Gasteiger charge is -2.03. The van der Waals surface area contributed by atoms with Crippen molar-refractivity contribution in [3.8, 4) is 0 Å². The lowest BCUT2D eigenvalue weighted by Crippen LogP contribution is -1.96. The van der Waals surface area contributed by atoms with Gasteiger partial charge in [-0.3, -0.25) is 4.68 Å². The van der Waals surface area contributed by atoms with Crippen molar-refractivity contribution in [2.75, 3.05) is 0 Å². The van der Waals surface area contributed by atoms with Gasteiger partial charge in [0.15, 0.2) is 0 Å². The van der Waals surface area contributed by atoms with Crippen LogP contribution in [-0.4, -0.2) is 14.9 Å². The van der Waals surface area contributed by atoms with E-state index in [0.29, 0.717) is 0 Å². The van der Waals surface area contributed by atoms with Crippen LogP contribution in [0.1, 0.15) is 30.0 Å². The largest absolute Gasteiger partial charge is 0.389 e. The fraction of sp³-hybridized carbons (Fsp3) is 0.625. The number of hydrogen-bond donors (Lipinski definition) is 1. The summed E-state index contributed by atoms with van der Waals surface area (Å²) in [6.45, 7) is 5.63. The van der Waals surface area contributed by atoms with E-state index in [9.17, 15) is 5.11 Å². The van der Waals surface area contributed by atoms with Gasteiger partial charge < -0.3 is 5.11 Å². The van der Waals surface area contributed by atoms with Gasteiger partial charge in [-0.25, -0.2) is 0 Å². The number of aromatic nitrogens is 2. The molecule has 0 bridgehead atoms. The van der Waals surface area contributed by atoms with Gasteiger partial charge in [0, 0.05) is 18.3 Å². The first-order chi connectivity index (χ1) is 5.04. The molecule has 0 aliphatic carbocycles. The second kappa shape index (κ2) is 2.66. The van der Waals surface area contributed by atoms with Crippen LogP contribution in [0.5, 0.6) is 0 Å². The molecule has 1 rings (SSSR count). The summed E-state index contributed by atoms with van der Waals surface area (Å²) in [4.78, 5) is 0.